The maximum atomic E-state index is 5.29. The minimum atomic E-state index is 0.461. The van der Waals surface area contributed by atoms with Gasteiger partial charge in [0.15, 0.2) is 5.84 Å². The summed E-state index contributed by atoms with van der Waals surface area (Å²) in [4.78, 5) is 4.36. The van der Waals surface area contributed by atoms with E-state index in [-0.39, 0.29) is 0 Å². The highest BCUT2D eigenvalue weighted by atomic mass is 32.1. The standard InChI is InChI=1S/C9H11N5S/c1-5-12-7-3-2-6(4-8(7)15-5)9(13-10)14-11/h2-4H,10-11H2,1H3,(H,13,14). The van der Waals surface area contributed by atoms with E-state index in [2.05, 4.69) is 15.5 Å². The van der Waals surface area contributed by atoms with Crippen molar-refractivity contribution in [1.29, 1.82) is 0 Å². The molecule has 1 aromatic carbocycles. The van der Waals surface area contributed by atoms with Gasteiger partial charge in [0.1, 0.15) is 0 Å². The van der Waals surface area contributed by atoms with E-state index < -0.39 is 0 Å². The summed E-state index contributed by atoms with van der Waals surface area (Å²) in [6.45, 7) is 1.98. The maximum absolute atomic E-state index is 5.29. The highest BCUT2D eigenvalue weighted by Crippen LogP contribution is 2.22. The second kappa shape index (κ2) is 3.84. The number of amidine groups is 1. The molecule has 0 fully saturated rings. The van der Waals surface area contributed by atoms with Crippen LogP contribution in [0.15, 0.2) is 23.3 Å². The fourth-order valence-electron chi connectivity index (χ4n) is 1.38. The molecule has 1 heterocycles. The number of aryl methyl sites for hydroxylation is 1. The zero-order chi connectivity index (χ0) is 10.8. The molecule has 0 aliphatic heterocycles. The molecule has 0 aliphatic carbocycles. The molecule has 1 aromatic heterocycles. The lowest BCUT2D eigenvalue weighted by Gasteiger charge is -2.02. The Kier molecular flexibility index (Phi) is 2.53. The third-order valence-corrected chi connectivity index (χ3v) is 2.97. The van der Waals surface area contributed by atoms with Gasteiger partial charge < -0.3 is 11.3 Å². The zero-order valence-corrected chi connectivity index (χ0v) is 9.01. The largest absolute Gasteiger partial charge is 0.321 e. The quantitative estimate of drug-likeness (QED) is 0.286. The number of thiazole rings is 1. The van der Waals surface area contributed by atoms with Gasteiger partial charge in [-0.2, -0.15) is 5.10 Å². The lowest BCUT2D eigenvalue weighted by Crippen LogP contribution is -2.31. The average molecular weight is 221 g/mol. The van der Waals surface area contributed by atoms with Gasteiger partial charge in [0.25, 0.3) is 0 Å². The molecule has 0 aliphatic rings. The number of hydrazine groups is 1. The first-order chi connectivity index (χ1) is 7.24. The molecule has 2 aromatic rings. The number of hydrogen-bond acceptors (Lipinski definition) is 5. The van der Waals surface area contributed by atoms with Gasteiger partial charge in [-0.05, 0) is 25.1 Å². The van der Waals surface area contributed by atoms with E-state index in [0.717, 1.165) is 20.8 Å². The van der Waals surface area contributed by atoms with Crippen molar-refractivity contribution in [2.24, 2.45) is 16.8 Å². The van der Waals surface area contributed by atoms with Gasteiger partial charge in [-0.15, -0.1) is 11.3 Å². The van der Waals surface area contributed by atoms with Gasteiger partial charge in [0.2, 0.25) is 0 Å². The second-order valence-electron chi connectivity index (χ2n) is 3.04. The average Bonchev–Trinajstić information content (AvgIpc) is 2.59. The zero-order valence-electron chi connectivity index (χ0n) is 8.19. The molecule has 2 rings (SSSR count). The number of nitrogens with zero attached hydrogens (tertiary/aromatic N) is 2. The summed E-state index contributed by atoms with van der Waals surface area (Å²) in [5, 5.41) is 4.59. The molecular weight excluding hydrogens is 210 g/mol. The number of aromatic nitrogens is 1. The molecule has 0 radical (unpaired) electrons. The first kappa shape index (κ1) is 9.88. The molecule has 0 saturated heterocycles. The molecule has 0 bridgehead atoms. The number of hydrazone groups is 1. The van der Waals surface area contributed by atoms with Crippen LogP contribution in [0.1, 0.15) is 10.6 Å². The normalized spacial score (nSPS) is 12.0. The fraction of sp³-hybridized carbons (Fsp3) is 0.111. The van der Waals surface area contributed by atoms with Crippen LogP contribution in [-0.4, -0.2) is 10.8 Å². The Morgan fingerprint density at radius 3 is 3.00 bits per heavy atom. The van der Waals surface area contributed by atoms with Crippen molar-refractivity contribution in [1.82, 2.24) is 10.4 Å². The summed E-state index contributed by atoms with van der Waals surface area (Å²) in [6, 6.07) is 5.77. The Hall–Kier alpha value is -1.66. The number of nitrogens with one attached hydrogen (secondary N) is 1. The lowest BCUT2D eigenvalue weighted by molar-refractivity contribution is 1.00. The van der Waals surface area contributed by atoms with Gasteiger partial charge in [0, 0.05) is 5.56 Å². The van der Waals surface area contributed by atoms with Crippen molar-refractivity contribution < 1.29 is 0 Å². The van der Waals surface area contributed by atoms with Crippen molar-refractivity contribution in [3.05, 3.63) is 28.8 Å². The lowest BCUT2D eigenvalue weighted by atomic mass is 10.2. The van der Waals surface area contributed by atoms with Crippen LogP contribution in [0.5, 0.6) is 0 Å². The number of hydrogen-bond donors (Lipinski definition) is 3. The van der Waals surface area contributed by atoms with Crippen LogP contribution in [0.25, 0.3) is 10.2 Å². The Balaban J connectivity index is 2.55. The molecule has 15 heavy (non-hydrogen) atoms. The van der Waals surface area contributed by atoms with E-state index in [9.17, 15) is 0 Å². The Labute approximate surface area is 90.8 Å². The highest BCUT2D eigenvalue weighted by Gasteiger charge is 2.05. The van der Waals surface area contributed by atoms with Crippen molar-refractivity contribution in [2.45, 2.75) is 6.92 Å². The van der Waals surface area contributed by atoms with Crippen molar-refractivity contribution in [3.8, 4) is 0 Å². The van der Waals surface area contributed by atoms with Crippen LogP contribution in [0.4, 0.5) is 0 Å². The van der Waals surface area contributed by atoms with Gasteiger partial charge in [-0.1, -0.05) is 0 Å². The Morgan fingerprint density at radius 1 is 1.53 bits per heavy atom. The SMILES string of the molecule is Cc1nc2ccc(/C(=N/N)NN)cc2s1. The number of benzene rings is 1. The predicted molar refractivity (Wildman–Crippen MR) is 62.4 cm³/mol. The minimum Gasteiger partial charge on any atom is -0.321 e. The fourth-order valence-corrected chi connectivity index (χ4v) is 2.25. The van der Waals surface area contributed by atoms with Crippen LogP contribution >= 0.6 is 11.3 Å². The summed E-state index contributed by atoms with van der Waals surface area (Å²) in [7, 11) is 0. The monoisotopic (exact) mass is 221 g/mol. The van der Waals surface area contributed by atoms with E-state index in [1.807, 2.05) is 25.1 Å². The van der Waals surface area contributed by atoms with Crippen LogP contribution in [0, 0.1) is 6.92 Å². The summed E-state index contributed by atoms with van der Waals surface area (Å²) in [5.41, 5.74) is 4.29. The van der Waals surface area contributed by atoms with E-state index >= 15 is 0 Å². The van der Waals surface area contributed by atoms with E-state index in [0.29, 0.717) is 5.84 Å². The molecule has 5 N–H and O–H groups in total. The van der Waals surface area contributed by atoms with Crippen molar-refractivity contribution in [2.75, 3.05) is 0 Å². The second-order valence-corrected chi connectivity index (χ2v) is 4.27. The summed E-state index contributed by atoms with van der Waals surface area (Å²) < 4.78 is 1.10. The molecule has 5 nitrogen and oxygen atoms in total. The van der Waals surface area contributed by atoms with Crippen LogP contribution < -0.4 is 17.1 Å². The van der Waals surface area contributed by atoms with Crippen LogP contribution in [-0.2, 0) is 0 Å². The van der Waals surface area contributed by atoms with E-state index in [1.54, 1.807) is 11.3 Å². The number of nitrogens with two attached hydrogens (primary N) is 2. The molecule has 0 atom stereocenters. The first-order valence-electron chi connectivity index (χ1n) is 4.36. The van der Waals surface area contributed by atoms with Gasteiger partial charge in [-0.3, -0.25) is 0 Å². The summed E-state index contributed by atoms with van der Waals surface area (Å²) in [6.07, 6.45) is 0. The minimum absolute atomic E-state index is 0.461. The van der Waals surface area contributed by atoms with Gasteiger partial charge >= 0.3 is 0 Å². The Morgan fingerprint density at radius 2 is 2.33 bits per heavy atom. The summed E-state index contributed by atoms with van der Waals surface area (Å²) >= 11 is 1.63. The molecule has 0 spiro atoms. The van der Waals surface area contributed by atoms with E-state index in [4.69, 9.17) is 11.7 Å². The third kappa shape index (κ3) is 1.77. The predicted octanol–water partition coefficient (Wildman–Crippen LogP) is 0.688. The molecule has 0 saturated carbocycles. The van der Waals surface area contributed by atoms with Gasteiger partial charge in [0.05, 0.1) is 15.2 Å². The topological polar surface area (TPSA) is 89.3 Å². The molecular formula is C9H11N5S. The van der Waals surface area contributed by atoms with Crippen molar-refractivity contribution >= 4 is 27.4 Å². The smallest absolute Gasteiger partial charge is 0.166 e. The van der Waals surface area contributed by atoms with Gasteiger partial charge in [-0.25, -0.2) is 10.8 Å². The molecule has 0 amide bonds. The molecule has 6 heteroatoms. The van der Waals surface area contributed by atoms with Crippen molar-refractivity contribution in [3.63, 3.8) is 0 Å². The van der Waals surface area contributed by atoms with E-state index in [1.165, 1.54) is 0 Å². The van der Waals surface area contributed by atoms with Crippen LogP contribution in [0.2, 0.25) is 0 Å². The third-order valence-electron chi connectivity index (χ3n) is 2.03. The maximum Gasteiger partial charge on any atom is 0.166 e. The Bertz CT molecular complexity index is 516. The number of fused-ring (bicyclic) bond motifs is 1. The highest BCUT2D eigenvalue weighted by molar-refractivity contribution is 7.18. The summed E-state index contributed by atoms with van der Waals surface area (Å²) in [5.74, 6) is 11.0. The van der Waals surface area contributed by atoms with Crippen LogP contribution in [0.3, 0.4) is 0 Å². The molecule has 0 unspecified atom stereocenters. The molecule has 78 valence electrons. The first-order valence-corrected chi connectivity index (χ1v) is 5.18. The number of rotatable bonds is 1.